The number of hydrogen-bond donors (Lipinski definition) is 1. The highest BCUT2D eigenvalue weighted by atomic mass is 19.1. The summed E-state index contributed by atoms with van der Waals surface area (Å²) in [7, 11) is 2.09. The zero-order valence-electron chi connectivity index (χ0n) is 22.3. The number of piperidine rings is 1. The number of carbonyl (C=O) groups excluding carboxylic acids is 1. The lowest BCUT2D eigenvalue weighted by atomic mass is 9.85. The number of carbonyl (C=O) groups is 1. The van der Waals surface area contributed by atoms with E-state index < -0.39 is 0 Å². The second kappa shape index (κ2) is 12.0. The molecule has 0 radical (unpaired) electrons. The first-order chi connectivity index (χ1) is 18.5. The molecule has 2 aromatic carbocycles. The number of ether oxygens (including phenoxy) is 1. The van der Waals surface area contributed by atoms with Crippen LogP contribution < -0.4 is 10.1 Å². The zero-order valence-corrected chi connectivity index (χ0v) is 22.3. The van der Waals surface area contributed by atoms with Crippen LogP contribution in [0.1, 0.15) is 43.2 Å². The normalized spacial score (nSPS) is 22.3. The Morgan fingerprint density at radius 1 is 1.11 bits per heavy atom. The highest BCUT2D eigenvalue weighted by molar-refractivity contribution is 5.82. The van der Waals surface area contributed by atoms with Crippen LogP contribution in [0, 0.1) is 5.82 Å². The van der Waals surface area contributed by atoms with Crippen molar-refractivity contribution in [1.29, 1.82) is 0 Å². The predicted molar refractivity (Wildman–Crippen MR) is 147 cm³/mol. The van der Waals surface area contributed by atoms with E-state index in [1.54, 1.807) is 12.3 Å². The maximum Gasteiger partial charge on any atom is 0.237 e. The first kappa shape index (κ1) is 26.3. The van der Waals surface area contributed by atoms with Crippen LogP contribution in [-0.4, -0.2) is 66.1 Å². The maximum absolute atomic E-state index is 15.4. The molecule has 3 atom stereocenters. The molecule has 2 saturated heterocycles. The minimum atomic E-state index is -0.364. The van der Waals surface area contributed by atoms with Gasteiger partial charge >= 0.3 is 0 Å². The number of rotatable bonds is 8. The topological polar surface area (TPSA) is 57.7 Å². The molecule has 3 aromatic rings. The fourth-order valence-electron chi connectivity index (χ4n) is 5.76. The number of likely N-dealkylation sites (tertiary alicyclic amines) is 2. The van der Waals surface area contributed by atoms with E-state index >= 15 is 4.39 Å². The number of aromatic nitrogens is 1. The Bertz CT molecular complexity index is 1240. The third kappa shape index (κ3) is 6.05. The van der Waals surface area contributed by atoms with Gasteiger partial charge in [-0.3, -0.25) is 14.7 Å². The van der Waals surface area contributed by atoms with Gasteiger partial charge in [-0.05, 0) is 81.6 Å². The quantitative estimate of drug-likeness (QED) is 0.464. The smallest absolute Gasteiger partial charge is 0.237 e. The molecule has 200 valence electrons. The predicted octanol–water partition coefficient (Wildman–Crippen LogP) is 4.85. The molecule has 5 rings (SSSR count). The summed E-state index contributed by atoms with van der Waals surface area (Å²) in [5.41, 5.74) is 2.97. The Balaban J connectivity index is 1.36. The van der Waals surface area contributed by atoms with Gasteiger partial charge in [0.2, 0.25) is 5.91 Å². The van der Waals surface area contributed by atoms with Crippen molar-refractivity contribution in [2.24, 2.45) is 0 Å². The average Bonchev–Trinajstić information content (AvgIpc) is 3.34. The number of likely N-dealkylation sites (N-methyl/N-ethyl adjacent to an activating group) is 1. The summed E-state index contributed by atoms with van der Waals surface area (Å²) in [5.74, 6) is 0.387. The molecule has 2 aliphatic heterocycles. The molecule has 2 aliphatic rings. The van der Waals surface area contributed by atoms with Gasteiger partial charge in [0.15, 0.2) is 0 Å². The molecule has 2 unspecified atom stereocenters. The molecule has 38 heavy (non-hydrogen) atoms. The van der Waals surface area contributed by atoms with Crippen molar-refractivity contribution in [1.82, 2.24) is 20.1 Å². The van der Waals surface area contributed by atoms with Gasteiger partial charge in [-0.2, -0.15) is 0 Å². The Kier molecular flexibility index (Phi) is 8.35. The molecular formula is C31H37FN4O2. The number of nitrogens with one attached hydrogen (secondary N) is 1. The Hall–Kier alpha value is -3.29. The summed E-state index contributed by atoms with van der Waals surface area (Å²) in [6, 6.07) is 19.2. The van der Waals surface area contributed by atoms with Crippen molar-refractivity contribution >= 4 is 5.91 Å². The molecule has 1 N–H and O–H groups in total. The molecule has 1 amide bonds. The minimum Gasteiger partial charge on any atom is -0.493 e. The van der Waals surface area contributed by atoms with Crippen LogP contribution >= 0.6 is 0 Å². The summed E-state index contributed by atoms with van der Waals surface area (Å²) >= 11 is 0. The fourth-order valence-corrected chi connectivity index (χ4v) is 5.76. The third-order valence-corrected chi connectivity index (χ3v) is 7.76. The van der Waals surface area contributed by atoms with Crippen LogP contribution in [-0.2, 0) is 11.3 Å². The minimum absolute atomic E-state index is 0.0576. The maximum atomic E-state index is 15.4. The number of nitrogens with zero attached hydrogens (tertiary/aromatic N) is 3. The van der Waals surface area contributed by atoms with Crippen LogP contribution in [0.15, 0.2) is 66.9 Å². The Morgan fingerprint density at radius 3 is 2.63 bits per heavy atom. The van der Waals surface area contributed by atoms with Gasteiger partial charge in [-0.1, -0.05) is 42.5 Å². The SMILES string of the molecule is CCOc1ccccc1-c1ncc(C2CCN(Cc3ccccc3)C(C(=O)N[C@H]3CCN(C)C3)C2)cc1F. The Morgan fingerprint density at radius 2 is 1.89 bits per heavy atom. The number of para-hydroxylation sites is 1. The van der Waals surface area contributed by atoms with Crippen LogP contribution in [0.5, 0.6) is 5.75 Å². The molecule has 3 heterocycles. The van der Waals surface area contributed by atoms with E-state index in [2.05, 4.69) is 39.3 Å². The highest BCUT2D eigenvalue weighted by Gasteiger charge is 2.36. The van der Waals surface area contributed by atoms with Crippen molar-refractivity contribution in [3.05, 3.63) is 83.8 Å². The average molecular weight is 517 g/mol. The third-order valence-electron chi connectivity index (χ3n) is 7.76. The summed E-state index contributed by atoms with van der Waals surface area (Å²) in [4.78, 5) is 22.6. The van der Waals surface area contributed by atoms with Crippen LogP contribution in [0.3, 0.4) is 0 Å². The molecule has 7 heteroatoms. The van der Waals surface area contributed by atoms with Gasteiger partial charge in [-0.25, -0.2) is 4.39 Å². The van der Waals surface area contributed by atoms with Crippen LogP contribution in [0.25, 0.3) is 11.3 Å². The van der Waals surface area contributed by atoms with Gasteiger partial charge in [0.1, 0.15) is 17.3 Å². The zero-order chi connectivity index (χ0) is 26.5. The van der Waals surface area contributed by atoms with Crippen LogP contribution in [0.4, 0.5) is 4.39 Å². The lowest BCUT2D eigenvalue weighted by molar-refractivity contribution is -0.128. The van der Waals surface area contributed by atoms with Crippen molar-refractivity contribution in [3.8, 4) is 17.0 Å². The van der Waals surface area contributed by atoms with E-state index in [0.717, 1.165) is 44.6 Å². The fraction of sp³-hybridized carbons (Fsp3) is 0.419. The van der Waals surface area contributed by atoms with E-state index in [1.807, 2.05) is 49.4 Å². The van der Waals surface area contributed by atoms with Crippen molar-refractivity contribution < 1.29 is 13.9 Å². The number of benzene rings is 2. The first-order valence-electron chi connectivity index (χ1n) is 13.7. The summed E-state index contributed by atoms with van der Waals surface area (Å²) in [5, 5.41) is 3.30. The van der Waals surface area contributed by atoms with Gasteiger partial charge in [0.25, 0.3) is 0 Å². The number of pyridine rings is 1. The molecule has 1 aromatic heterocycles. The van der Waals surface area contributed by atoms with Gasteiger partial charge in [0, 0.05) is 30.9 Å². The van der Waals surface area contributed by atoms with Crippen molar-refractivity contribution in [2.75, 3.05) is 33.3 Å². The van der Waals surface area contributed by atoms with E-state index in [1.165, 1.54) is 5.56 Å². The lowest BCUT2D eigenvalue weighted by Gasteiger charge is -2.39. The largest absolute Gasteiger partial charge is 0.493 e. The van der Waals surface area contributed by atoms with Gasteiger partial charge in [0.05, 0.1) is 12.6 Å². The standard InChI is InChI=1S/C31H37FN4O2/c1-3-38-29-12-8-7-11-26(29)30-27(32)17-24(19-33-30)23-13-16-36(20-22-9-5-4-6-10-22)28(18-23)31(37)34-25-14-15-35(2)21-25/h4-12,17,19,23,25,28H,3,13-16,18,20-21H2,1-2H3,(H,34,37)/t23?,25-,28?/m0/s1. The van der Waals surface area contributed by atoms with E-state index in [0.29, 0.717) is 30.0 Å². The molecule has 0 saturated carbocycles. The number of hydrogen-bond acceptors (Lipinski definition) is 5. The first-order valence-corrected chi connectivity index (χ1v) is 13.7. The molecule has 0 spiro atoms. The molecular weight excluding hydrogens is 479 g/mol. The highest BCUT2D eigenvalue weighted by Crippen LogP contribution is 2.36. The summed E-state index contributed by atoms with van der Waals surface area (Å²) in [6.07, 6.45) is 4.23. The summed E-state index contributed by atoms with van der Waals surface area (Å²) < 4.78 is 21.1. The molecule has 6 nitrogen and oxygen atoms in total. The summed E-state index contributed by atoms with van der Waals surface area (Å²) in [6.45, 7) is 5.76. The lowest BCUT2D eigenvalue weighted by Crippen LogP contribution is -2.53. The van der Waals surface area contributed by atoms with Crippen molar-refractivity contribution in [2.45, 2.75) is 50.7 Å². The molecule has 2 fully saturated rings. The molecule has 0 aliphatic carbocycles. The Labute approximate surface area is 224 Å². The van der Waals surface area contributed by atoms with E-state index in [-0.39, 0.29) is 29.7 Å². The number of amides is 1. The van der Waals surface area contributed by atoms with Gasteiger partial charge in [-0.15, -0.1) is 0 Å². The monoisotopic (exact) mass is 516 g/mol. The second-order valence-electron chi connectivity index (χ2n) is 10.5. The molecule has 0 bridgehead atoms. The van der Waals surface area contributed by atoms with E-state index in [9.17, 15) is 4.79 Å². The van der Waals surface area contributed by atoms with Crippen LogP contribution in [0.2, 0.25) is 0 Å². The second-order valence-corrected chi connectivity index (χ2v) is 10.5. The number of halogens is 1. The van der Waals surface area contributed by atoms with Gasteiger partial charge < -0.3 is 15.0 Å². The van der Waals surface area contributed by atoms with E-state index in [4.69, 9.17) is 4.74 Å². The van der Waals surface area contributed by atoms with Crippen molar-refractivity contribution in [3.63, 3.8) is 0 Å².